The van der Waals surface area contributed by atoms with Crippen LogP contribution in [0.1, 0.15) is 62.2 Å². The summed E-state index contributed by atoms with van der Waals surface area (Å²) in [6, 6.07) is 14.5. The SMILES string of the molecule is CCCCNC(=O)C(C1CCCCC1)N(C(=O)c1ccccc1I)c1ccc(OC)cc1. The van der Waals surface area contributed by atoms with Crippen LogP contribution < -0.4 is 15.0 Å². The summed E-state index contributed by atoms with van der Waals surface area (Å²) in [5.74, 6) is 0.664. The van der Waals surface area contributed by atoms with Crippen LogP contribution in [0.2, 0.25) is 0 Å². The Morgan fingerprint density at radius 3 is 2.41 bits per heavy atom. The lowest BCUT2D eigenvalue weighted by Crippen LogP contribution is -2.54. The first-order valence-electron chi connectivity index (χ1n) is 11.6. The molecule has 0 spiro atoms. The molecule has 0 bridgehead atoms. The van der Waals surface area contributed by atoms with E-state index in [1.165, 1.54) is 6.42 Å². The molecule has 0 saturated heterocycles. The molecule has 2 aromatic rings. The van der Waals surface area contributed by atoms with Gasteiger partial charge in [0.25, 0.3) is 5.91 Å². The third-order valence-corrected chi connectivity index (χ3v) is 7.09. The van der Waals surface area contributed by atoms with Gasteiger partial charge in [0.05, 0.1) is 12.7 Å². The van der Waals surface area contributed by atoms with Crippen LogP contribution in [0.3, 0.4) is 0 Å². The Balaban J connectivity index is 2.05. The van der Waals surface area contributed by atoms with E-state index in [9.17, 15) is 9.59 Å². The summed E-state index contributed by atoms with van der Waals surface area (Å²) in [5, 5.41) is 3.12. The quantitative estimate of drug-likeness (QED) is 0.318. The van der Waals surface area contributed by atoms with Crippen LogP contribution in [0.4, 0.5) is 5.69 Å². The van der Waals surface area contributed by atoms with Crippen molar-refractivity contribution in [1.29, 1.82) is 0 Å². The second-order valence-corrected chi connectivity index (χ2v) is 9.50. The molecule has 32 heavy (non-hydrogen) atoms. The lowest BCUT2D eigenvalue weighted by molar-refractivity contribution is -0.123. The Labute approximate surface area is 205 Å². The van der Waals surface area contributed by atoms with Crippen molar-refractivity contribution >= 4 is 40.1 Å². The maximum atomic E-state index is 13.9. The van der Waals surface area contributed by atoms with Gasteiger partial charge in [-0.15, -0.1) is 0 Å². The molecule has 1 aliphatic rings. The fourth-order valence-electron chi connectivity index (χ4n) is 4.40. The second-order valence-electron chi connectivity index (χ2n) is 8.34. The Bertz CT molecular complexity index is 894. The van der Waals surface area contributed by atoms with E-state index in [1.54, 1.807) is 12.0 Å². The number of ether oxygens (including phenoxy) is 1. The average Bonchev–Trinajstić information content (AvgIpc) is 2.83. The number of amides is 2. The molecule has 2 aromatic carbocycles. The summed E-state index contributed by atoms with van der Waals surface area (Å²) >= 11 is 2.19. The summed E-state index contributed by atoms with van der Waals surface area (Å²) in [7, 11) is 1.62. The van der Waals surface area contributed by atoms with Crippen LogP contribution in [-0.4, -0.2) is 31.5 Å². The number of nitrogens with one attached hydrogen (secondary N) is 1. The molecular formula is C26H33IN2O3. The van der Waals surface area contributed by atoms with Gasteiger partial charge in [0.2, 0.25) is 5.91 Å². The molecule has 0 aromatic heterocycles. The topological polar surface area (TPSA) is 58.6 Å². The average molecular weight is 548 g/mol. The maximum Gasteiger partial charge on any atom is 0.260 e. The van der Waals surface area contributed by atoms with Crippen molar-refractivity contribution < 1.29 is 14.3 Å². The van der Waals surface area contributed by atoms with Gasteiger partial charge in [-0.3, -0.25) is 14.5 Å². The monoisotopic (exact) mass is 548 g/mol. The van der Waals surface area contributed by atoms with Crippen LogP contribution in [0.25, 0.3) is 0 Å². The van der Waals surface area contributed by atoms with Gasteiger partial charge in [0, 0.05) is 15.8 Å². The van der Waals surface area contributed by atoms with Crippen molar-refractivity contribution in [2.45, 2.75) is 57.9 Å². The fraction of sp³-hybridized carbons (Fsp3) is 0.462. The van der Waals surface area contributed by atoms with Gasteiger partial charge in [0.15, 0.2) is 0 Å². The molecule has 6 heteroatoms. The number of carbonyl (C=O) groups is 2. The van der Waals surface area contributed by atoms with Crippen molar-refractivity contribution in [3.63, 3.8) is 0 Å². The summed E-state index contributed by atoms with van der Waals surface area (Å²) in [6.45, 7) is 2.74. The number of hydrogen-bond acceptors (Lipinski definition) is 3. The van der Waals surface area contributed by atoms with Crippen LogP contribution in [-0.2, 0) is 4.79 Å². The van der Waals surface area contributed by atoms with E-state index in [0.29, 0.717) is 12.1 Å². The van der Waals surface area contributed by atoms with Crippen molar-refractivity contribution in [3.8, 4) is 5.75 Å². The molecule has 2 amide bonds. The molecule has 1 saturated carbocycles. The predicted molar refractivity (Wildman–Crippen MR) is 137 cm³/mol. The van der Waals surface area contributed by atoms with Gasteiger partial charge in [-0.2, -0.15) is 0 Å². The number of benzene rings is 2. The highest BCUT2D eigenvalue weighted by Crippen LogP contribution is 2.34. The highest BCUT2D eigenvalue weighted by molar-refractivity contribution is 14.1. The van der Waals surface area contributed by atoms with E-state index >= 15 is 0 Å². The highest BCUT2D eigenvalue weighted by Gasteiger charge is 2.38. The lowest BCUT2D eigenvalue weighted by atomic mass is 9.82. The smallest absolute Gasteiger partial charge is 0.260 e. The van der Waals surface area contributed by atoms with E-state index < -0.39 is 6.04 Å². The van der Waals surface area contributed by atoms with Gasteiger partial charge in [0.1, 0.15) is 11.8 Å². The first-order valence-corrected chi connectivity index (χ1v) is 12.6. The summed E-state index contributed by atoms with van der Waals surface area (Å²) in [4.78, 5) is 29.2. The molecular weight excluding hydrogens is 515 g/mol. The van der Waals surface area contributed by atoms with Crippen LogP contribution in [0.5, 0.6) is 5.75 Å². The minimum atomic E-state index is -0.538. The zero-order valence-electron chi connectivity index (χ0n) is 19.0. The molecule has 3 rings (SSSR count). The molecule has 1 fully saturated rings. The van der Waals surface area contributed by atoms with Gasteiger partial charge in [-0.1, -0.05) is 44.7 Å². The molecule has 1 atom stereocenters. The van der Waals surface area contributed by atoms with E-state index in [0.717, 1.165) is 53.5 Å². The number of rotatable bonds is 9. The van der Waals surface area contributed by atoms with E-state index in [1.807, 2.05) is 48.5 Å². The Kier molecular flexibility index (Phi) is 9.38. The third kappa shape index (κ3) is 6.03. The van der Waals surface area contributed by atoms with Crippen molar-refractivity contribution in [2.24, 2.45) is 5.92 Å². The number of hydrogen-bond donors (Lipinski definition) is 1. The van der Waals surface area contributed by atoms with Crippen LogP contribution >= 0.6 is 22.6 Å². The normalized spacial score (nSPS) is 15.1. The van der Waals surface area contributed by atoms with E-state index in [4.69, 9.17) is 4.74 Å². The largest absolute Gasteiger partial charge is 0.497 e. The van der Waals surface area contributed by atoms with Gasteiger partial charge in [-0.25, -0.2) is 0 Å². The number of nitrogens with zero attached hydrogens (tertiary/aromatic N) is 1. The van der Waals surface area contributed by atoms with E-state index in [-0.39, 0.29) is 17.7 Å². The molecule has 0 heterocycles. The molecule has 0 radical (unpaired) electrons. The maximum absolute atomic E-state index is 13.9. The van der Waals surface area contributed by atoms with E-state index in [2.05, 4.69) is 34.8 Å². The Morgan fingerprint density at radius 1 is 1.09 bits per heavy atom. The predicted octanol–water partition coefficient (Wildman–Crippen LogP) is 5.81. The zero-order chi connectivity index (χ0) is 22.9. The second kappa shape index (κ2) is 12.2. The zero-order valence-corrected chi connectivity index (χ0v) is 21.1. The summed E-state index contributed by atoms with van der Waals surface area (Å²) < 4.78 is 6.20. The summed E-state index contributed by atoms with van der Waals surface area (Å²) in [5.41, 5.74) is 1.34. The minimum Gasteiger partial charge on any atom is -0.497 e. The van der Waals surface area contributed by atoms with Crippen molar-refractivity contribution in [1.82, 2.24) is 5.32 Å². The molecule has 0 aliphatic heterocycles. The van der Waals surface area contributed by atoms with Crippen LogP contribution in [0.15, 0.2) is 48.5 Å². The molecule has 1 aliphatic carbocycles. The molecule has 1 unspecified atom stereocenters. The number of anilines is 1. The third-order valence-electron chi connectivity index (χ3n) is 6.15. The molecule has 1 N–H and O–H groups in total. The number of methoxy groups -OCH3 is 1. The van der Waals surface area contributed by atoms with Gasteiger partial charge < -0.3 is 10.1 Å². The van der Waals surface area contributed by atoms with Crippen molar-refractivity contribution in [2.75, 3.05) is 18.6 Å². The first-order chi connectivity index (χ1) is 15.6. The Morgan fingerprint density at radius 2 is 1.78 bits per heavy atom. The number of unbranched alkanes of at least 4 members (excludes halogenated alkanes) is 1. The number of halogens is 1. The fourth-order valence-corrected chi connectivity index (χ4v) is 5.01. The van der Waals surface area contributed by atoms with Gasteiger partial charge in [-0.05, 0) is 84.2 Å². The minimum absolute atomic E-state index is 0.0551. The van der Waals surface area contributed by atoms with Crippen molar-refractivity contribution in [3.05, 3.63) is 57.7 Å². The molecule has 5 nitrogen and oxygen atoms in total. The summed E-state index contributed by atoms with van der Waals surface area (Å²) in [6.07, 6.45) is 7.23. The first kappa shape index (κ1) is 24.6. The van der Waals surface area contributed by atoms with Crippen LogP contribution in [0, 0.1) is 9.49 Å². The standard InChI is InChI=1S/C26H33IN2O3/c1-3-4-18-28-25(30)24(19-10-6-5-7-11-19)29(20-14-16-21(32-2)17-15-20)26(31)22-12-8-9-13-23(22)27/h8-9,12-17,19,24H,3-7,10-11,18H2,1-2H3,(H,28,30). The number of carbonyl (C=O) groups excluding carboxylic acids is 2. The highest BCUT2D eigenvalue weighted by atomic mass is 127. The lowest BCUT2D eigenvalue weighted by Gasteiger charge is -2.38. The van der Waals surface area contributed by atoms with Gasteiger partial charge >= 0.3 is 0 Å². The molecule has 172 valence electrons. The Hall–Kier alpha value is -2.09.